The van der Waals surface area contributed by atoms with Crippen molar-refractivity contribution in [3.05, 3.63) is 11.1 Å². The Morgan fingerprint density at radius 2 is 2.06 bits per heavy atom. The van der Waals surface area contributed by atoms with Crippen LogP contribution >= 0.6 is 15.9 Å². The fourth-order valence-electron chi connectivity index (χ4n) is 1.88. The Morgan fingerprint density at radius 3 is 2.50 bits per heavy atom. The summed E-state index contributed by atoms with van der Waals surface area (Å²) in [5.41, 5.74) is 0. The molecule has 5 heteroatoms. The van der Waals surface area contributed by atoms with Gasteiger partial charge >= 0.3 is 0 Å². The minimum absolute atomic E-state index is 0.0189. The molecule has 1 rings (SSSR count). The van der Waals surface area contributed by atoms with Gasteiger partial charge in [0.2, 0.25) is 11.8 Å². The van der Waals surface area contributed by atoms with Crippen LogP contribution in [0.15, 0.2) is 11.1 Å². The molecule has 1 saturated heterocycles. The quantitative estimate of drug-likeness (QED) is 0.850. The van der Waals surface area contributed by atoms with Crippen molar-refractivity contribution in [2.45, 2.75) is 38.8 Å². The number of carbonyl (C=O) groups is 2. The number of halogens is 1. The van der Waals surface area contributed by atoms with E-state index in [-0.39, 0.29) is 23.9 Å². The molecule has 0 aromatic carbocycles. The Balaban J connectivity index is 2.90. The van der Waals surface area contributed by atoms with Gasteiger partial charge in [0, 0.05) is 4.48 Å². The third-order valence-electron chi connectivity index (χ3n) is 2.71. The first-order valence-electron chi connectivity index (χ1n) is 5.45. The summed E-state index contributed by atoms with van der Waals surface area (Å²) in [7, 11) is 0. The van der Waals surface area contributed by atoms with Crippen molar-refractivity contribution in [3.63, 3.8) is 0 Å². The van der Waals surface area contributed by atoms with E-state index >= 15 is 0 Å². The van der Waals surface area contributed by atoms with Crippen LogP contribution in [-0.2, 0) is 9.59 Å². The first kappa shape index (κ1) is 13.2. The van der Waals surface area contributed by atoms with Crippen LogP contribution in [0.5, 0.6) is 0 Å². The molecule has 1 aliphatic heterocycles. The van der Waals surface area contributed by atoms with E-state index in [0.29, 0.717) is 23.9 Å². The molecule has 2 unspecified atom stereocenters. The zero-order valence-corrected chi connectivity index (χ0v) is 11.2. The van der Waals surface area contributed by atoms with E-state index in [2.05, 4.69) is 27.8 Å². The first-order chi connectivity index (χ1) is 7.51. The third kappa shape index (κ3) is 2.64. The van der Waals surface area contributed by atoms with Crippen molar-refractivity contribution in [2.24, 2.45) is 0 Å². The summed E-state index contributed by atoms with van der Waals surface area (Å²) in [6, 6.07) is -0.758. The molecule has 0 radical (unpaired) electrons. The van der Waals surface area contributed by atoms with Crippen LogP contribution in [0.3, 0.4) is 0 Å². The molecule has 1 fully saturated rings. The SMILES string of the molecule is C=C(Br)CN1C(=O)C(CC)NC(=O)C1CC. The van der Waals surface area contributed by atoms with Gasteiger partial charge in [-0.15, -0.1) is 0 Å². The average molecular weight is 289 g/mol. The van der Waals surface area contributed by atoms with E-state index in [1.807, 2.05) is 13.8 Å². The Kier molecular flexibility index (Phi) is 4.53. The van der Waals surface area contributed by atoms with Gasteiger partial charge in [-0.1, -0.05) is 36.4 Å². The molecule has 0 aliphatic carbocycles. The topological polar surface area (TPSA) is 49.4 Å². The summed E-state index contributed by atoms with van der Waals surface area (Å²) < 4.78 is 0.712. The van der Waals surface area contributed by atoms with Gasteiger partial charge in [0.05, 0.1) is 6.54 Å². The molecule has 1 heterocycles. The van der Waals surface area contributed by atoms with Crippen molar-refractivity contribution in [1.82, 2.24) is 10.2 Å². The lowest BCUT2D eigenvalue weighted by atomic mass is 10.0. The normalized spacial score (nSPS) is 25.6. The smallest absolute Gasteiger partial charge is 0.246 e. The van der Waals surface area contributed by atoms with E-state index in [1.165, 1.54) is 0 Å². The summed E-state index contributed by atoms with van der Waals surface area (Å²) in [6.07, 6.45) is 1.24. The molecular formula is C11H17BrN2O2. The van der Waals surface area contributed by atoms with Crippen molar-refractivity contribution < 1.29 is 9.59 Å². The molecule has 0 saturated carbocycles. The molecule has 2 amide bonds. The van der Waals surface area contributed by atoms with Crippen molar-refractivity contribution in [2.75, 3.05) is 6.54 Å². The summed E-state index contributed by atoms with van der Waals surface area (Å²) in [5.74, 6) is -0.0859. The molecule has 16 heavy (non-hydrogen) atoms. The lowest BCUT2D eigenvalue weighted by molar-refractivity contribution is -0.148. The molecule has 1 N–H and O–H groups in total. The maximum absolute atomic E-state index is 12.1. The number of rotatable bonds is 4. The van der Waals surface area contributed by atoms with E-state index in [0.717, 1.165) is 0 Å². The fraction of sp³-hybridized carbons (Fsp3) is 0.636. The van der Waals surface area contributed by atoms with Crippen LogP contribution < -0.4 is 5.32 Å². The van der Waals surface area contributed by atoms with E-state index in [4.69, 9.17) is 0 Å². The van der Waals surface area contributed by atoms with Gasteiger partial charge in [-0.3, -0.25) is 9.59 Å². The molecule has 4 nitrogen and oxygen atoms in total. The van der Waals surface area contributed by atoms with E-state index < -0.39 is 0 Å². The molecule has 0 bridgehead atoms. The number of piperazine rings is 1. The standard InChI is InChI=1S/C11H17BrN2O2/c1-4-8-11(16)14(6-7(3)12)9(5-2)10(15)13-8/h8-9H,3-6H2,1-2H3,(H,13,15). The van der Waals surface area contributed by atoms with Crippen molar-refractivity contribution in [1.29, 1.82) is 0 Å². The molecule has 0 aromatic rings. The average Bonchev–Trinajstić information content (AvgIpc) is 2.22. The second-order valence-electron chi connectivity index (χ2n) is 3.88. The van der Waals surface area contributed by atoms with E-state index in [1.54, 1.807) is 4.90 Å². The Labute approximate surface area is 104 Å². The lowest BCUT2D eigenvalue weighted by Crippen LogP contribution is -2.63. The highest BCUT2D eigenvalue weighted by atomic mass is 79.9. The highest BCUT2D eigenvalue weighted by molar-refractivity contribution is 9.11. The van der Waals surface area contributed by atoms with Crippen LogP contribution in [0.2, 0.25) is 0 Å². The zero-order valence-electron chi connectivity index (χ0n) is 9.62. The first-order valence-corrected chi connectivity index (χ1v) is 6.24. The molecular weight excluding hydrogens is 272 g/mol. The second-order valence-corrected chi connectivity index (χ2v) is 5.00. The molecule has 1 aliphatic rings. The van der Waals surface area contributed by atoms with Gasteiger partial charge in [-0.05, 0) is 12.8 Å². The third-order valence-corrected chi connectivity index (χ3v) is 2.96. The van der Waals surface area contributed by atoms with Gasteiger partial charge in [0.15, 0.2) is 0 Å². The maximum atomic E-state index is 12.1. The van der Waals surface area contributed by atoms with Gasteiger partial charge in [0.1, 0.15) is 12.1 Å². The predicted molar refractivity (Wildman–Crippen MR) is 66.1 cm³/mol. The number of hydrogen-bond donors (Lipinski definition) is 1. The van der Waals surface area contributed by atoms with Gasteiger partial charge in [0.25, 0.3) is 0 Å². The Bertz CT molecular complexity index is 317. The molecule has 2 atom stereocenters. The van der Waals surface area contributed by atoms with Crippen molar-refractivity contribution >= 4 is 27.7 Å². The number of nitrogens with one attached hydrogen (secondary N) is 1. The van der Waals surface area contributed by atoms with Crippen molar-refractivity contribution in [3.8, 4) is 0 Å². The van der Waals surface area contributed by atoms with Crippen LogP contribution in [-0.4, -0.2) is 35.3 Å². The minimum atomic E-state index is -0.387. The number of nitrogens with zero attached hydrogens (tertiary/aromatic N) is 1. The van der Waals surface area contributed by atoms with Crippen LogP contribution in [0, 0.1) is 0 Å². The van der Waals surface area contributed by atoms with Crippen LogP contribution in [0.1, 0.15) is 26.7 Å². The largest absolute Gasteiger partial charge is 0.343 e. The maximum Gasteiger partial charge on any atom is 0.246 e. The summed E-state index contributed by atoms with van der Waals surface area (Å²) in [5, 5.41) is 2.74. The summed E-state index contributed by atoms with van der Waals surface area (Å²) in [6.45, 7) is 7.89. The van der Waals surface area contributed by atoms with Crippen LogP contribution in [0.4, 0.5) is 0 Å². The molecule has 90 valence electrons. The van der Waals surface area contributed by atoms with Gasteiger partial charge < -0.3 is 10.2 Å². The highest BCUT2D eigenvalue weighted by Crippen LogP contribution is 2.17. The Morgan fingerprint density at radius 1 is 1.44 bits per heavy atom. The number of amides is 2. The fourth-order valence-corrected chi connectivity index (χ4v) is 2.15. The Hall–Kier alpha value is -0.840. The minimum Gasteiger partial charge on any atom is -0.343 e. The highest BCUT2D eigenvalue weighted by Gasteiger charge is 2.38. The second kappa shape index (κ2) is 5.48. The number of hydrogen-bond acceptors (Lipinski definition) is 2. The molecule has 0 spiro atoms. The van der Waals surface area contributed by atoms with Crippen LogP contribution in [0.25, 0.3) is 0 Å². The zero-order chi connectivity index (χ0) is 12.3. The van der Waals surface area contributed by atoms with Gasteiger partial charge in [-0.2, -0.15) is 0 Å². The predicted octanol–water partition coefficient (Wildman–Crippen LogP) is 1.41. The summed E-state index contributed by atoms with van der Waals surface area (Å²) in [4.78, 5) is 25.4. The van der Waals surface area contributed by atoms with E-state index in [9.17, 15) is 9.59 Å². The monoisotopic (exact) mass is 288 g/mol. The number of carbonyl (C=O) groups excluding carboxylic acids is 2. The summed E-state index contributed by atoms with van der Waals surface area (Å²) >= 11 is 3.24. The van der Waals surface area contributed by atoms with Gasteiger partial charge in [-0.25, -0.2) is 0 Å². The lowest BCUT2D eigenvalue weighted by Gasteiger charge is -2.38. The molecule has 0 aromatic heterocycles.